The zero-order valence-electron chi connectivity index (χ0n) is 19.0. The van der Waals surface area contributed by atoms with Gasteiger partial charge in [-0.1, -0.05) is 65.7 Å². The summed E-state index contributed by atoms with van der Waals surface area (Å²) in [6.07, 6.45) is 0.752. The smallest absolute Gasteiger partial charge is 0.0991 e. The second-order valence-electron chi connectivity index (χ2n) is 8.92. The van der Waals surface area contributed by atoms with Crippen LogP contribution in [0.4, 0.5) is 0 Å². The summed E-state index contributed by atoms with van der Waals surface area (Å²) in [7, 11) is 0. The van der Waals surface area contributed by atoms with Crippen molar-refractivity contribution < 1.29 is 0 Å². The van der Waals surface area contributed by atoms with E-state index in [1.54, 1.807) is 0 Å². The molecule has 2 unspecified atom stereocenters. The molecule has 0 saturated heterocycles. The van der Waals surface area contributed by atoms with Crippen LogP contribution in [0.15, 0.2) is 72.8 Å². The van der Waals surface area contributed by atoms with Crippen LogP contribution >= 0.6 is 23.2 Å². The Labute approximate surface area is 206 Å². The second-order valence-corrected chi connectivity index (χ2v) is 9.76. The summed E-state index contributed by atoms with van der Waals surface area (Å²) >= 11 is 12.6. The molecule has 3 rings (SSSR count). The summed E-state index contributed by atoms with van der Waals surface area (Å²) < 4.78 is 0. The molecule has 33 heavy (non-hydrogen) atoms. The average molecular weight is 476 g/mol. The van der Waals surface area contributed by atoms with Gasteiger partial charge < -0.3 is 5.32 Å². The van der Waals surface area contributed by atoms with E-state index in [4.69, 9.17) is 23.2 Å². The lowest BCUT2D eigenvalue weighted by atomic mass is 9.79. The van der Waals surface area contributed by atoms with Crippen LogP contribution in [0.25, 0.3) is 0 Å². The maximum absolute atomic E-state index is 9.93. The van der Waals surface area contributed by atoms with E-state index in [0.29, 0.717) is 15.6 Å². The molecule has 0 amide bonds. The SMILES string of the molecule is CC(N[C@H](c1ccccc1Cl)C(C)(C)C#N)C(Cc1ccc(Cl)cc1)c1cccc(C#N)c1. The van der Waals surface area contributed by atoms with Gasteiger partial charge in [-0.2, -0.15) is 10.5 Å². The average Bonchev–Trinajstić information content (AvgIpc) is 2.82. The summed E-state index contributed by atoms with van der Waals surface area (Å²) in [4.78, 5) is 0. The highest BCUT2D eigenvalue weighted by molar-refractivity contribution is 6.31. The molecule has 3 nitrogen and oxygen atoms in total. The number of halogens is 2. The van der Waals surface area contributed by atoms with Gasteiger partial charge in [-0.05, 0) is 74.2 Å². The molecule has 0 bridgehead atoms. The van der Waals surface area contributed by atoms with Gasteiger partial charge in [-0.3, -0.25) is 0 Å². The highest BCUT2D eigenvalue weighted by atomic mass is 35.5. The van der Waals surface area contributed by atoms with E-state index in [1.165, 1.54) is 0 Å². The van der Waals surface area contributed by atoms with E-state index in [1.807, 2.05) is 80.6 Å². The van der Waals surface area contributed by atoms with E-state index in [2.05, 4.69) is 30.4 Å². The maximum atomic E-state index is 9.93. The normalized spacial score (nSPS) is 14.0. The number of hydrogen-bond acceptors (Lipinski definition) is 3. The van der Waals surface area contributed by atoms with Gasteiger partial charge in [-0.15, -0.1) is 0 Å². The molecule has 0 aromatic heterocycles. The van der Waals surface area contributed by atoms with Crippen LogP contribution in [-0.2, 0) is 6.42 Å². The first-order valence-corrected chi connectivity index (χ1v) is 11.7. The number of nitriles is 2. The van der Waals surface area contributed by atoms with E-state index < -0.39 is 5.41 Å². The second kappa shape index (κ2) is 10.9. The van der Waals surface area contributed by atoms with Gasteiger partial charge in [0.2, 0.25) is 0 Å². The largest absolute Gasteiger partial charge is 0.305 e. The quantitative estimate of drug-likeness (QED) is 0.367. The molecule has 0 aliphatic carbocycles. The van der Waals surface area contributed by atoms with Gasteiger partial charge in [0.05, 0.1) is 29.2 Å². The molecular weight excluding hydrogens is 449 g/mol. The standard InChI is InChI=1S/C28H27Cl2N3/c1-19(33-27(28(2,3)18-32)24-9-4-5-10-26(24)30)25(16-20-11-13-23(29)14-12-20)22-8-6-7-21(15-22)17-31/h4-15,19,25,27,33H,16H2,1-3H3/t19?,25?,27-/m1/s1. The van der Waals surface area contributed by atoms with Crippen LogP contribution in [-0.4, -0.2) is 6.04 Å². The molecular formula is C28H27Cl2N3. The Morgan fingerprint density at radius 1 is 0.939 bits per heavy atom. The summed E-state index contributed by atoms with van der Waals surface area (Å²) in [5.74, 6) is 0.0546. The third-order valence-electron chi connectivity index (χ3n) is 6.07. The third-order valence-corrected chi connectivity index (χ3v) is 6.67. The summed E-state index contributed by atoms with van der Waals surface area (Å²) in [6.45, 7) is 5.97. The van der Waals surface area contributed by atoms with Crippen LogP contribution in [0, 0.1) is 28.1 Å². The lowest BCUT2D eigenvalue weighted by Crippen LogP contribution is -2.42. The van der Waals surface area contributed by atoms with Crippen molar-refractivity contribution in [1.29, 1.82) is 10.5 Å². The zero-order chi connectivity index (χ0) is 24.0. The number of hydrogen-bond donors (Lipinski definition) is 1. The molecule has 0 aliphatic rings. The molecule has 0 aliphatic heterocycles. The molecule has 0 saturated carbocycles. The Morgan fingerprint density at radius 3 is 2.27 bits per heavy atom. The summed E-state index contributed by atoms with van der Waals surface area (Å²) in [5, 5.41) is 24.4. The molecule has 0 heterocycles. The first-order valence-electron chi connectivity index (χ1n) is 10.9. The summed E-state index contributed by atoms with van der Waals surface area (Å²) in [5.41, 5.74) is 3.04. The molecule has 168 valence electrons. The highest BCUT2D eigenvalue weighted by Crippen LogP contribution is 2.38. The zero-order valence-corrected chi connectivity index (χ0v) is 20.5. The van der Waals surface area contributed by atoms with Gasteiger partial charge in [0.1, 0.15) is 0 Å². The molecule has 5 heteroatoms. The minimum Gasteiger partial charge on any atom is -0.305 e. The molecule has 3 atom stereocenters. The Bertz CT molecular complexity index is 1170. The Balaban J connectivity index is 2.00. The number of nitrogens with one attached hydrogen (secondary N) is 1. The first kappa shape index (κ1) is 24.8. The predicted octanol–water partition coefficient (Wildman–Crippen LogP) is 7.46. The minimum absolute atomic E-state index is 0.0245. The monoisotopic (exact) mass is 475 g/mol. The van der Waals surface area contributed by atoms with Gasteiger partial charge in [0.25, 0.3) is 0 Å². The van der Waals surface area contributed by atoms with Crippen LogP contribution in [0.2, 0.25) is 10.0 Å². The first-order chi connectivity index (χ1) is 15.7. The maximum Gasteiger partial charge on any atom is 0.0991 e. The van der Waals surface area contributed by atoms with Crippen LogP contribution < -0.4 is 5.32 Å². The van der Waals surface area contributed by atoms with E-state index >= 15 is 0 Å². The van der Waals surface area contributed by atoms with Crippen molar-refractivity contribution in [2.75, 3.05) is 0 Å². The van der Waals surface area contributed by atoms with Gasteiger partial charge in [-0.25, -0.2) is 0 Å². The fraction of sp³-hybridized carbons (Fsp3) is 0.286. The Morgan fingerprint density at radius 2 is 1.64 bits per heavy atom. The summed E-state index contributed by atoms with van der Waals surface area (Å²) in [6, 6.07) is 27.6. The van der Waals surface area contributed by atoms with Crippen molar-refractivity contribution in [2.24, 2.45) is 5.41 Å². The molecule has 3 aromatic carbocycles. The molecule has 0 spiro atoms. The molecule has 1 N–H and O–H groups in total. The van der Waals surface area contributed by atoms with Gasteiger partial charge in [0, 0.05) is 22.0 Å². The fourth-order valence-corrected chi connectivity index (χ4v) is 4.51. The van der Waals surface area contributed by atoms with Crippen molar-refractivity contribution in [2.45, 2.75) is 45.2 Å². The third kappa shape index (κ3) is 6.16. The van der Waals surface area contributed by atoms with Crippen molar-refractivity contribution in [3.8, 4) is 12.1 Å². The minimum atomic E-state index is -0.696. The van der Waals surface area contributed by atoms with E-state index in [0.717, 1.165) is 23.1 Å². The van der Waals surface area contributed by atoms with Gasteiger partial charge in [0.15, 0.2) is 0 Å². The van der Waals surface area contributed by atoms with Gasteiger partial charge >= 0.3 is 0 Å². The van der Waals surface area contributed by atoms with Crippen molar-refractivity contribution >= 4 is 23.2 Å². The van der Waals surface area contributed by atoms with Crippen molar-refractivity contribution in [3.63, 3.8) is 0 Å². The predicted molar refractivity (Wildman–Crippen MR) is 135 cm³/mol. The van der Waals surface area contributed by atoms with Crippen LogP contribution in [0.3, 0.4) is 0 Å². The number of nitrogens with zero attached hydrogens (tertiary/aromatic N) is 2. The van der Waals surface area contributed by atoms with Crippen molar-refractivity contribution in [3.05, 3.63) is 105 Å². The Kier molecular flexibility index (Phi) is 8.17. The molecule has 0 radical (unpaired) electrons. The lowest BCUT2D eigenvalue weighted by Gasteiger charge is -2.36. The van der Waals surface area contributed by atoms with E-state index in [9.17, 15) is 10.5 Å². The highest BCUT2D eigenvalue weighted by Gasteiger charge is 2.35. The van der Waals surface area contributed by atoms with E-state index in [-0.39, 0.29) is 18.0 Å². The van der Waals surface area contributed by atoms with Crippen molar-refractivity contribution in [1.82, 2.24) is 5.32 Å². The molecule has 0 fully saturated rings. The fourth-order valence-electron chi connectivity index (χ4n) is 4.14. The van der Waals surface area contributed by atoms with Crippen LogP contribution in [0.1, 0.15) is 55.0 Å². The topological polar surface area (TPSA) is 59.6 Å². The molecule has 3 aromatic rings. The number of rotatable bonds is 8. The number of benzene rings is 3. The Hall–Kier alpha value is -2.82. The lowest BCUT2D eigenvalue weighted by molar-refractivity contribution is 0.281. The van der Waals surface area contributed by atoms with Crippen LogP contribution in [0.5, 0.6) is 0 Å².